The molecular formula is C11H26O4Si. The largest absolute Gasteiger partial charge is 0.382 e. The van der Waals surface area contributed by atoms with E-state index < -0.39 is 0 Å². The summed E-state index contributed by atoms with van der Waals surface area (Å²) in [6, 6.07) is 1.38. The summed E-state index contributed by atoms with van der Waals surface area (Å²) in [7, 11) is 1.88. The van der Waals surface area contributed by atoms with E-state index in [1.54, 1.807) is 7.11 Å². The highest BCUT2D eigenvalue weighted by molar-refractivity contribution is 6.33. The van der Waals surface area contributed by atoms with Gasteiger partial charge in [-0.2, -0.15) is 0 Å². The van der Waals surface area contributed by atoms with Crippen LogP contribution in [0.5, 0.6) is 0 Å². The third-order valence-corrected chi connectivity index (χ3v) is 3.28. The van der Waals surface area contributed by atoms with Crippen LogP contribution in [0.25, 0.3) is 0 Å². The van der Waals surface area contributed by atoms with E-state index in [0.29, 0.717) is 39.6 Å². The molecule has 0 rings (SSSR count). The predicted molar refractivity (Wildman–Crippen MR) is 68.2 cm³/mol. The molecule has 0 saturated heterocycles. The zero-order valence-corrected chi connectivity index (χ0v) is 12.1. The van der Waals surface area contributed by atoms with Gasteiger partial charge in [-0.15, -0.1) is 0 Å². The number of hydrogen-bond acceptors (Lipinski definition) is 4. The molecule has 0 aliphatic carbocycles. The predicted octanol–water partition coefficient (Wildman–Crippen LogP) is 0.708. The zero-order chi connectivity index (χ0) is 11.9. The van der Waals surface area contributed by atoms with Crippen LogP contribution in [0.3, 0.4) is 0 Å². The lowest BCUT2D eigenvalue weighted by atomic mass is 10.5. The SMILES string of the molecule is COCCOCCOCCOCCC[SiH2]C. The molecule has 0 N–H and O–H groups in total. The number of hydrogen-bond donors (Lipinski definition) is 0. The van der Waals surface area contributed by atoms with Gasteiger partial charge < -0.3 is 18.9 Å². The molecule has 0 heterocycles. The molecule has 0 unspecified atom stereocenters. The summed E-state index contributed by atoms with van der Waals surface area (Å²) in [4.78, 5) is 0. The van der Waals surface area contributed by atoms with E-state index >= 15 is 0 Å². The van der Waals surface area contributed by atoms with Gasteiger partial charge in [-0.05, 0) is 6.42 Å². The van der Waals surface area contributed by atoms with E-state index in [9.17, 15) is 0 Å². The molecule has 0 aliphatic rings. The first-order chi connectivity index (χ1) is 7.91. The highest BCUT2D eigenvalue weighted by atomic mass is 28.2. The fourth-order valence-electron chi connectivity index (χ4n) is 1.14. The molecule has 0 aromatic carbocycles. The second-order valence-electron chi connectivity index (χ2n) is 3.54. The van der Waals surface area contributed by atoms with Crippen molar-refractivity contribution in [2.45, 2.75) is 19.0 Å². The van der Waals surface area contributed by atoms with Crippen LogP contribution in [-0.4, -0.2) is 62.9 Å². The minimum absolute atomic E-state index is 0.218. The van der Waals surface area contributed by atoms with Crippen molar-refractivity contribution in [1.29, 1.82) is 0 Å². The lowest BCUT2D eigenvalue weighted by molar-refractivity contribution is 0.00378. The molecule has 0 aromatic heterocycles. The fourth-order valence-corrected chi connectivity index (χ4v) is 1.84. The lowest BCUT2D eigenvalue weighted by Crippen LogP contribution is -2.11. The van der Waals surface area contributed by atoms with Crippen LogP contribution in [0.2, 0.25) is 12.6 Å². The van der Waals surface area contributed by atoms with E-state index in [0.717, 1.165) is 6.61 Å². The Morgan fingerprint density at radius 1 is 0.750 bits per heavy atom. The van der Waals surface area contributed by atoms with E-state index in [1.165, 1.54) is 12.5 Å². The van der Waals surface area contributed by atoms with Gasteiger partial charge in [-0.1, -0.05) is 12.6 Å². The summed E-state index contributed by atoms with van der Waals surface area (Å²) in [6.45, 7) is 7.11. The molecule has 4 nitrogen and oxygen atoms in total. The van der Waals surface area contributed by atoms with Crippen molar-refractivity contribution < 1.29 is 18.9 Å². The van der Waals surface area contributed by atoms with Gasteiger partial charge in [0.1, 0.15) is 0 Å². The molecule has 0 bridgehead atoms. The Bertz CT molecular complexity index is 111. The van der Waals surface area contributed by atoms with Crippen LogP contribution in [0, 0.1) is 0 Å². The maximum Gasteiger partial charge on any atom is 0.0701 e. The number of ether oxygens (including phenoxy) is 4. The maximum absolute atomic E-state index is 5.42. The standard InChI is InChI=1S/C11H26O4Si/c1-12-5-6-14-9-10-15-8-7-13-4-3-11-16-2/h3-11,16H2,1-2H3. The Hall–Kier alpha value is 0.0569. The van der Waals surface area contributed by atoms with Gasteiger partial charge in [0.15, 0.2) is 0 Å². The molecule has 0 atom stereocenters. The summed E-state index contributed by atoms with van der Waals surface area (Å²) in [6.07, 6.45) is 1.21. The minimum atomic E-state index is 0.218. The molecule has 0 aliphatic heterocycles. The van der Waals surface area contributed by atoms with Gasteiger partial charge in [0.05, 0.1) is 39.6 Å². The lowest BCUT2D eigenvalue weighted by Gasteiger charge is -2.06. The van der Waals surface area contributed by atoms with Crippen LogP contribution < -0.4 is 0 Å². The highest BCUT2D eigenvalue weighted by Crippen LogP contribution is 1.89. The molecule has 0 amide bonds. The molecule has 0 saturated carbocycles. The van der Waals surface area contributed by atoms with Gasteiger partial charge >= 0.3 is 0 Å². The van der Waals surface area contributed by atoms with E-state index in [-0.39, 0.29) is 9.52 Å². The first-order valence-corrected chi connectivity index (χ1v) is 8.55. The number of rotatable bonds is 13. The summed E-state index contributed by atoms with van der Waals surface area (Å²) in [5, 5.41) is 0. The second-order valence-corrected chi connectivity index (χ2v) is 5.24. The average Bonchev–Trinajstić information content (AvgIpc) is 2.31. The van der Waals surface area contributed by atoms with Crippen molar-refractivity contribution in [2.24, 2.45) is 0 Å². The van der Waals surface area contributed by atoms with Crippen LogP contribution in [-0.2, 0) is 18.9 Å². The molecule has 0 spiro atoms. The molecular weight excluding hydrogens is 224 g/mol. The highest BCUT2D eigenvalue weighted by Gasteiger charge is 1.91. The normalized spacial score (nSPS) is 11.6. The van der Waals surface area contributed by atoms with Crippen molar-refractivity contribution >= 4 is 9.52 Å². The van der Waals surface area contributed by atoms with Gasteiger partial charge in [-0.3, -0.25) is 0 Å². The Balaban J connectivity index is 2.83. The van der Waals surface area contributed by atoms with Crippen molar-refractivity contribution in [2.75, 3.05) is 53.4 Å². The van der Waals surface area contributed by atoms with E-state index in [1.807, 2.05) is 0 Å². The quantitative estimate of drug-likeness (QED) is 0.356. The Morgan fingerprint density at radius 3 is 1.75 bits per heavy atom. The average molecular weight is 250 g/mol. The van der Waals surface area contributed by atoms with Crippen LogP contribution in [0.1, 0.15) is 6.42 Å². The molecule has 0 radical (unpaired) electrons. The fraction of sp³-hybridized carbons (Fsp3) is 1.00. The Morgan fingerprint density at radius 2 is 1.25 bits per heavy atom. The summed E-state index contributed by atoms with van der Waals surface area (Å²) < 4.78 is 20.9. The summed E-state index contributed by atoms with van der Waals surface area (Å²) in [5.74, 6) is 0. The zero-order valence-electron chi connectivity index (χ0n) is 10.7. The van der Waals surface area contributed by atoms with Crippen molar-refractivity contribution in [3.8, 4) is 0 Å². The van der Waals surface area contributed by atoms with Crippen LogP contribution in [0.15, 0.2) is 0 Å². The van der Waals surface area contributed by atoms with E-state index in [4.69, 9.17) is 18.9 Å². The van der Waals surface area contributed by atoms with Gasteiger partial charge in [0.2, 0.25) is 0 Å². The molecule has 16 heavy (non-hydrogen) atoms. The van der Waals surface area contributed by atoms with Crippen molar-refractivity contribution in [1.82, 2.24) is 0 Å². The Labute approximate surface area is 101 Å². The number of methoxy groups -OCH3 is 1. The second kappa shape index (κ2) is 15.1. The van der Waals surface area contributed by atoms with Crippen molar-refractivity contribution in [3.63, 3.8) is 0 Å². The molecule has 5 heteroatoms. The molecule has 98 valence electrons. The Kier molecular flexibility index (Phi) is 15.1. The van der Waals surface area contributed by atoms with Gasteiger partial charge in [-0.25, -0.2) is 0 Å². The monoisotopic (exact) mass is 250 g/mol. The minimum Gasteiger partial charge on any atom is -0.382 e. The third-order valence-electron chi connectivity index (χ3n) is 2.07. The summed E-state index contributed by atoms with van der Waals surface area (Å²) >= 11 is 0. The summed E-state index contributed by atoms with van der Waals surface area (Å²) in [5.41, 5.74) is 0. The van der Waals surface area contributed by atoms with Gasteiger partial charge in [0, 0.05) is 23.2 Å². The first kappa shape index (κ1) is 16.1. The van der Waals surface area contributed by atoms with Crippen molar-refractivity contribution in [3.05, 3.63) is 0 Å². The third kappa shape index (κ3) is 14.1. The molecule has 0 aromatic rings. The van der Waals surface area contributed by atoms with E-state index in [2.05, 4.69) is 6.55 Å². The first-order valence-electron chi connectivity index (χ1n) is 6.14. The smallest absolute Gasteiger partial charge is 0.0701 e. The van der Waals surface area contributed by atoms with Gasteiger partial charge in [0.25, 0.3) is 0 Å². The topological polar surface area (TPSA) is 36.9 Å². The molecule has 0 fully saturated rings. The maximum atomic E-state index is 5.42. The van der Waals surface area contributed by atoms with Crippen LogP contribution in [0.4, 0.5) is 0 Å². The van der Waals surface area contributed by atoms with Crippen LogP contribution >= 0.6 is 0 Å².